The fraction of sp³-hybridized carbons (Fsp3) is 0.556. The minimum atomic E-state index is -3.73. The first-order valence-electron chi connectivity index (χ1n) is 7.89. The SMILES string of the molecule is CC(C)CC(=O)C(F)(F)C(NC(=O)OC(C)(C)C)c1ccccc1. The summed E-state index contributed by atoms with van der Waals surface area (Å²) in [7, 11) is 0. The highest BCUT2D eigenvalue weighted by molar-refractivity contribution is 5.87. The highest BCUT2D eigenvalue weighted by Gasteiger charge is 2.48. The Balaban J connectivity index is 3.10. The predicted molar refractivity (Wildman–Crippen MR) is 88.0 cm³/mol. The van der Waals surface area contributed by atoms with Crippen LogP contribution >= 0.6 is 0 Å². The van der Waals surface area contributed by atoms with Crippen LogP contribution in [0.1, 0.15) is 52.6 Å². The van der Waals surface area contributed by atoms with Crippen molar-refractivity contribution >= 4 is 11.9 Å². The zero-order chi connectivity index (χ0) is 18.5. The maximum Gasteiger partial charge on any atom is 0.408 e. The summed E-state index contributed by atoms with van der Waals surface area (Å²) in [6.45, 7) is 8.27. The molecule has 0 aromatic heterocycles. The van der Waals surface area contributed by atoms with E-state index in [9.17, 15) is 18.4 Å². The molecule has 1 aromatic rings. The first-order chi connectivity index (χ1) is 10.9. The average molecular weight is 341 g/mol. The molecule has 134 valence electrons. The first-order valence-corrected chi connectivity index (χ1v) is 7.89. The van der Waals surface area contributed by atoms with Gasteiger partial charge in [-0.15, -0.1) is 0 Å². The van der Waals surface area contributed by atoms with Crippen LogP contribution < -0.4 is 5.32 Å². The molecule has 24 heavy (non-hydrogen) atoms. The number of amides is 1. The Kier molecular flexibility index (Phi) is 6.46. The van der Waals surface area contributed by atoms with Crippen LogP contribution in [-0.4, -0.2) is 23.4 Å². The van der Waals surface area contributed by atoms with Gasteiger partial charge in [0.25, 0.3) is 0 Å². The van der Waals surface area contributed by atoms with Gasteiger partial charge in [0.15, 0.2) is 0 Å². The summed E-state index contributed by atoms with van der Waals surface area (Å²) in [6.07, 6.45) is -1.26. The number of halogens is 2. The van der Waals surface area contributed by atoms with Crippen LogP contribution in [0.25, 0.3) is 0 Å². The molecule has 0 aliphatic rings. The molecule has 0 saturated carbocycles. The van der Waals surface area contributed by atoms with Crippen molar-refractivity contribution in [3.05, 3.63) is 35.9 Å². The van der Waals surface area contributed by atoms with E-state index >= 15 is 0 Å². The third kappa shape index (κ3) is 5.91. The molecule has 0 radical (unpaired) electrons. The standard InChI is InChI=1S/C18H25F2NO3/c1-12(2)11-14(22)18(19,20)15(13-9-7-6-8-10-13)21-16(23)24-17(3,4)5/h6-10,12,15H,11H2,1-5H3,(H,21,23). The van der Waals surface area contributed by atoms with Crippen LogP contribution in [0.15, 0.2) is 30.3 Å². The molecule has 4 nitrogen and oxygen atoms in total. The second-order valence-electron chi connectivity index (χ2n) is 7.13. The third-order valence-electron chi connectivity index (χ3n) is 3.12. The summed E-state index contributed by atoms with van der Waals surface area (Å²) in [5.74, 6) is -5.15. The molecule has 1 unspecified atom stereocenters. The van der Waals surface area contributed by atoms with Crippen LogP contribution in [-0.2, 0) is 9.53 Å². The Bertz CT molecular complexity index is 565. The monoisotopic (exact) mass is 341 g/mol. The van der Waals surface area contributed by atoms with Crippen molar-refractivity contribution in [2.75, 3.05) is 0 Å². The largest absolute Gasteiger partial charge is 0.444 e. The predicted octanol–water partition coefficient (Wildman–Crippen LogP) is 4.50. The zero-order valence-electron chi connectivity index (χ0n) is 14.7. The van der Waals surface area contributed by atoms with Crippen molar-refractivity contribution in [1.29, 1.82) is 0 Å². The first kappa shape index (κ1) is 20.1. The summed E-state index contributed by atoms with van der Waals surface area (Å²) < 4.78 is 34.5. The molecule has 0 saturated heterocycles. The van der Waals surface area contributed by atoms with E-state index in [4.69, 9.17) is 4.74 Å². The van der Waals surface area contributed by atoms with Gasteiger partial charge in [-0.1, -0.05) is 44.2 Å². The molecule has 0 aliphatic heterocycles. The van der Waals surface area contributed by atoms with Crippen LogP contribution in [0.2, 0.25) is 0 Å². The topological polar surface area (TPSA) is 55.4 Å². The van der Waals surface area contributed by atoms with Crippen LogP contribution in [0, 0.1) is 5.92 Å². The van der Waals surface area contributed by atoms with Crippen molar-refractivity contribution in [2.24, 2.45) is 5.92 Å². The molecule has 1 rings (SSSR count). The normalized spacial score (nSPS) is 13.5. The zero-order valence-corrected chi connectivity index (χ0v) is 14.7. The van der Waals surface area contributed by atoms with E-state index < -0.39 is 29.4 Å². The Morgan fingerprint density at radius 2 is 1.67 bits per heavy atom. The number of benzene rings is 1. The number of Topliss-reactive ketones (excluding diaryl/α,β-unsaturated/α-hetero) is 1. The van der Waals surface area contributed by atoms with Gasteiger partial charge in [0.05, 0.1) is 0 Å². The van der Waals surface area contributed by atoms with E-state index in [-0.39, 0.29) is 17.9 Å². The Morgan fingerprint density at radius 3 is 2.12 bits per heavy atom. The molecule has 0 aliphatic carbocycles. The van der Waals surface area contributed by atoms with Crippen molar-refractivity contribution in [2.45, 2.75) is 58.6 Å². The molecule has 0 spiro atoms. The highest BCUT2D eigenvalue weighted by Crippen LogP contribution is 2.34. The van der Waals surface area contributed by atoms with Gasteiger partial charge < -0.3 is 10.1 Å². The summed E-state index contributed by atoms with van der Waals surface area (Å²) in [4.78, 5) is 24.0. The lowest BCUT2D eigenvalue weighted by molar-refractivity contribution is -0.148. The van der Waals surface area contributed by atoms with E-state index in [2.05, 4.69) is 5.32 Å². The molecule has 1 atom stereocenters. The smallest absolute Gasteiger partial charge is 0.408 e. The molecule has 1 amide bonds. The fourth-order valence-electron chi connectivity index (χ4n) is 2.12. The van der Waals surface area contributed by atoms with Crippen molar-refractivity contribution in [3.8, 4) is 0 Å². The number of nitrogens with one attached hydrogen (secondary N) is 1. The minimum Gasteiger partial charge on any atom is -0.444 e. The van der Waals surface area contributed by atoms with E-state index in [1.54, 1.807) is 52.8 Å². The minimum absolute atomic E-state index is 0.144. The van der Waals surface area contributed by atoms with Crippen molar-refractivity contribution in [1.82, 2.24) is 5.32 Å². The third-order valence-corrected chi connectivity index (χ3v) is 3.12. The summed E-state index contributed by atoms with van der Waals surface area (Å²) in [6, 6.07) is 5.92. The number of hydrogen-bond acceptors (Lipinski definition) is 3. The van der Waals surface area contributed by atoms with E-state index in [1.165, 1.54) is 12.1 Å². The number of hydrogen-bond donors (Lipinski definition) is 1. The van der Waals surface area contributed by atoms with Gasteiger partial charge >= 0.3 is 12.0 Å². The lowest BCUT2D eigenvalue weighted by atomic mass is 9.93. The number of ether oxygens (including phenoxy) is 1. The van der Waals surface area contributed by atoms with Crippen LogP contribution in [0.4, 0.5) is 13.6 Å². The lowest BCUT2D eigenvalue weighted by Crippen LogP contribution is -2.47. The number of carbonyl (C=O) groups is 2. The number of alkyl carbamates (subject to hydrolysis) is 1. The van der Waals surface area contributed by atoms with E-state index in [0.717, 1.165) is 0 Å². The number of alkyl halides is 2. The number of ketones is 1. The molecule has 0 fully saturated rings. The lowest BCUT2D eigenvalue weighted by Gasteiger charge is -2.29. The van der Waals surface area contributed by atoms with E-state index in [1.807, 2.05) is 0 Å². The molecule has 0 bridgehead atoms. The quantitative estimate of drug-likeness (QED) is 0.828. The van der Waals surface area contributed by atoms with Crippen LogP contribution in [0.5, 0.6) is 0 Å². The molecule has 0 heterocycles. The Morgan fingerprint density at radius 1 is 1.12 bits per heavy atom. The van der Waals surface area contributed by atoms with Crippen molar-refractivity contribution < 1.29 is 23.1 Å². The summed E-state index contributed by atoms with van der Waals surface area (Å²) in [5, 5.41) is 2.15. The van der Waals surface area contributed by atoms with Gasteiger partial charge in [-0.05, 0) is 32.3 Å². The Hall–Kier alpha value is -1.98. The highest BCUT2D eigenvalue weighted by atomic mass is 19.3. The van der Waals surface area contributed by atoms with Gasteiger partial charge in [0.1, 0.15) is 11.6 Å². The average Bonchev–Trinajstić information content (AvgIpc) is 2.43. The van der Waals surface area contributed by atoms with E-state index in [0.29, 0.717) is 0 Å². The second kappa shape index (κ2) is 7.73. The molecular formula is C18H25F2NO3. The van der Waals surface area contributed by atoms with Gasteiger partial charge in [-0.3, -0.25) is 4.79 Å². The van der Waals surface area contributed by atoms with Crippen molar-refractivity contribution in [3.63, 3.8) is 0 Å². The van der Waals surface area contributed by atoms with Gasteiger partial charge in [-0.2, -0.15) is 8.78 Å². The second-order valence-corrected chi connectivity index (χ2v) is 7.13. The molecular weight excluding hydrogens is 316 g/mol. The number of rotatable bonds is 6. The maximum atomic E-state index is 14.7. The van der Waals surface area contributed by atoms with Gasteiger partial charge in [-0.25, -0.2) is 4.79 Å². The maximum absolute atomic E-state index is 14.7. The molecule has 1 aromatic carbocycles. The van der Waals surface area contributed by atoms with Crippen LogP contribution in [0.3, 0.4) is 0 Å². The Labute approximate surface area is 141 Å². The number of carbonyl (C=O) groups excluding carboxylic acids is 2. The molecule has 6 heteroatoms. The molecule has 1 N–H and O–H groups in total. The fourth-order valence-corrected chi connectivity index (χ4v) is 2.12. The summed E-state index contributed by atoms with van der Waals surface area (Å²) in [5.41, 5.74) is -0.687. The summed E-state index contributed by atoms with van der Waals surface area (Å²) >= 11 is 0. The van der Waals surface area contributed by atoms with Gasteiger partial charge in [0, 0.05) is 6.42 Å². The van der Waals surface area contributed by atoms with Gasteiger partial charge in [0.2, 0.25) is 5.78 Å².